The number of benzene rings is 1. The second-order valence-electron chi connectivity index (χ2n) is 6.42. The molecule has 1 aromatic heterocycles. The van der Waals surface area contributed by atoms with Crippen LogP contribution in [0.15, 0.2) is 41.0 Å². The predicted molar refractivity (Wildman–Crippen MR) is 90.1 cm³/mol. The second kappa shape index (κ2) is 6.32. The van der Waals surface area contributed by atoms with Crippen LogP contribution in [0, 0.1) is 6.92 Å². The molecule has 128 valence electrons. The van der Waals surface area contributed by atoms with Gasteiger partial charge in [0, 0.05) is 6.54 Å². The molecule has 24 heavy (non-hydrogen) atoms. The number of hydrogen-bond acceptors (Lipinski definition) is 4. The van der Waals surface area contributed by atoms with Crippen molar-refractivity contribution in [3.63, 3.8) is 0 Å². The smallest absolute Gasteiger partial charge is 0.257 e. The molecule has 1 fully saturated rings. The number of nitrogens with zero attached hydrogens (tertiary/aromatic N) is 1. The van der Waals surface area contributed by atoms with Gasteiger partial charge in [-0.25, -0.2) is 0 Å². The van der Waals surface area contributed by atoms with Gasteiger partial charge >= 0.3 is 0 Å². The van der Waals surface area contributed by atoms with Crippen molar-refractivity contribution >= 4 is 5.91 Å². The van der Waals surface area contributed by atoms with Crippen molar-refractivity contribution in [1.82, 2.24) is 4.90 Å². The number of ether oxygens (including phenoxy) is 1. The van der Waals surface area contributed by atoms with E-state index in [-0.39, 0.29) is 11.9 Å². The molecule has 0 saturated carbocycles. The largest absolute Gasteiger partial charge is 0.497 e. The Balaban J connectivity index is 1.88. The van der Waals surface area contributed by atoms with Crippen LogP contribution in [0.1, 0.15) is 41.4 Å². The SMILES string of the molecule is COc1ccc([C@](C)(O)[C@H]2CCCN2C(=O)c2ccoc2C)cc1. The monoisotopic (exact) mass is 329 g/mol. The number of aryl methyl sites for hydroxylation is 1. The van der Waals surface area contributed by atoms with Crippen LogP contribution in [0.25, 0.3) is 0 Å². The zero-order valence-electron chi connectivity index (χ0n) is 14.3. The van der Waals surface area contributed by atoms with E-state index in [0.29, 0.717) is 17.9 Å². The Kier molecular flexibility index (Phi) is 4.37. The highest BCUT2D eigenvalue weighted by atomic mass is 16.5. The lowest BCUT2D eigenvalue weighted by Gasteiger charge is -2.37. The van der Waals surface area contributed by atoms with Gasteiger partial charge in [-0.05, 0) is 50.5 Å². The number of furan rings is 1. The van der Waals surface area contributed by atoms with E-state index in [1.54, 1.807) is 31.9 Å². The maximum absolute atomic E-state index is 12.9. The van der Waals surface area contributed by atoms with Crippen LogP contribution in [0.3, 0.4) is 0 Å². The van der Waals surface area contributed by atoms with Crippen LogP contribution in [0.4, 0.5) is 0 Å². The molecule has 5 heteroatoms. The summed E-state index contributed by atoms with van der Waals surface area (Å²) in [5.74, 6) is 1.26. The number of carbonyl (C=O) groups is 1. The van der Waals surface area contributed by atoms with Crippen LogP contribution < -0.4 is 4.74 Å². The summed E-state index contributed by atoms with van der Waals surface area (Å²) in [7, 11) is 1.61. The number of likely N-dealkylation sites (tertiary alicyclic amines) is 1. The zero-order valence-corrected chi connectivity index (χ0v) is 14.3. The number of methoxy groups -OCH3 is 1. The minimum atomic E-state index is -1.13. The number of aliphatic hydroxyl groups is 1. The maximum atomic E-state index is 12.9. The quantitative estimate of drug-likeness (QED) is 0.936. The van der Waals surface area contributed by atoms with E-state index in [9.17, 15) is 9.90 Å². The van der Waals surface area contributed by atoms with Gasteiger partial charge in [0.1, 0.15) is 17.1 Å². The summed E-state index contributed by atoms with van der Waals surface area (Å²) < 4.78 is 10.4. The van der Waals surface area contributed by atoms with Gasteiger partial charge < -0.3 is 19.2 Å². The first-order valence-corrected chi connectivity index (χ1v) is 8.17. The lowest BCUT2D eigenvalue weighted by atomic mass is 9.86. The lowest BCUT2D eigenvalue weighted by molar-refractivity contribution is -0.0177. The topological polar surface area (TPSA) is 62.9 Å². The van der Waals surface area contributed by atoms with Crippen LogP contribution in [-0.2, 0) is 5.60 Å². The van der Waals surface area contributed by atoms with E-state index in [2.05, 4.69) is 0 Å². The molecule has 0 spiro atoms. The summed E-state index contributed by atoms with van der Waals surface area (Å²) in [6.45, 7) is 4.19. The fraction of sp³-hybridized carbons (Fsp3) is 0.421. The minimum absolute atomic E-state index is 0.0856. The van der Waals surface area contributed by atoms with Crippen molar-refractivity contribution < 1.29 is 19.1 Å². The fourth-order valence-corrected chi connectivity index (χ4v) is 3.48. The first kappa shape index (κ1) is 16.6. The molecular weight excluding hydrogens is 306 g/mol. The summed E-state index contributed by atoms with van der Waals surface area (Å²) >= 11 is 0. The number of rotatable bonds is 4. The predicted octanol–water partition coefficient (Wildman–Crippen LogP) is 3.11. The third-order valence-corrected chi connectivity index (χ3v) is 4.93. The summed E-state index contributed by atoms with van der Waals surface area (Å²) in [4.78, 5) is 14.6. The fourth-order valence-electron chi connectivity index (χ4n) is 3.48. The van der Waals surface area contributed by atoms with Crippen molar-refractivity contribution in [2.45, 2.75) is 38.3 Å². The minimum Gasteiger partial charge on any atom is -0.497 e. The van der Waals surface area contributed by atoms with Crippen molar-refractivity contribution in [1.29, 1.82) is 0 Å². The van der Waals surface area contributed by atoms with Gasteiger partial charge in [-0.15, -0.1) is 0 Å². The summed E-state index contributed by atoms with van der Waals surface area (Å²) in [6, 6.07) is 8.77. The van der Waals surface area contributed by atoms with E-state index in [1.165, 1.54) is 6.26 Å². The number of carbonyl (C=O) groups excluding carboxylic acids is 1. The summed E-state index contributed by atoms with van der Waals surface area (Å²) in [6.07, 6.45) is 3.16. The zero-order chi connectivity index (χ0) is 17.3. The Morgan fingerprint density at radius 1 is 1.33 bits per heavy atom. The Morgan fingerprint density at radius 2 is 2.04 bits per heavy atom. The molecule has 0 bridgehead atoms. The van der Waals surface area contributed by atoms with Gasteiger partial charge in [0.15, 0.2) is 0 Å². The van der Waals surface area contributed by atoms with Crippen LogP contribution in [0.2, 0.25) is 0 Å². The molecule has 2 aromatic rings. The Hall–Kier alpha value is -2.27. The standard InChI is InChI=1S/C19H23NO4/c1-13-16(10-12-24-13)18(21)20-11-4-5-17(20)19(2,22)14-6-8-15(23-3)9-7-14/h6-10,12,17,22H,4-5,11H2,1-3H3/t17-,19+/m1/s1. The molecule has 2 atom stereocenters. The van der Waals surface area contributed by atoms with Crippen molar-refractivity contribution in [3.8, 4) is 5.75 Å². The molecular formula is C19H23NO4. The highest BCUT2D eigenvalue weighted by Gasteiger charge is 2.43. The van der Waals surface area contributed by atoms with Crippen LogP contribution >= 0.6 is 0 Å². The van der Waals surface area contributed by atoms with E-state index >= 15 is 0 Å². The van der Waals surface area contributed by atoms with E-state index in [0.717, 1.165) is 24.2 Å². The van der Waals surface area contributed by atoms with Crippen LogP contribution in [0.5, 0.6) is 5.75 Å². The molecule has 3 rings (SSSR count). The third kappa shape index (κ3) is 2.80. The van der Waals surface area contributed by atoms with Crippen molar-refractivity contribution in [2.75, 3.05) is 13.7 Å². The Labute approximate surface area is 141 Å². The molecule has 1 saturated heterocycles. The highest BCUT2D eigenvalue weighted by Crippen LogP contribution is 2.36. The van der Waals surface area contributed by atoms with Gasteiger partial charge in [0.25, 0.3) is 5.91 Å². The molecule has 0 unspecified atom stereocenters. The first-order chi connectivity index (χ1) is 11.4. The molecule has 0 aliphatic carbocycles. The van der Waals surface area contributed by atoms with Gasteiger partial charge in [0.2, 0.25) is 0 Å². The molecule has 1 aliphatic heterocycles. The molecule has 1 N–H and O–H groups in total. The van der Waals surface area contributed by atoms with Gasteiger partial charge in [-0.3, -0.25) is 4.79 Å². The van der Waals surface area contributed by atoms with E-state index in [4.69, 9.17) is 9.15 Å². The van der Waals surface area contributed by atoms with E-state index in [1.807, 2.05) is 24.3 Å². The van der Waals surface area contributed by atoms with Gasteiger partial charge in [0.05, 0.1) is 25.0 Å². The second-order valence-corrected chi connectivity index (χ2v) is 6.42. The molecule has 5 nitrogen and oxygen atoms in total. The molecule has 1 aliphatic rings. The van der Waals surface area contributed by atoms with E-state index < -0.39 is 5.60 Å². The average Bonchev–Trinajstić information content (AvgIpc) is 3.23. The molecule has 1 aromatic carbocycles. The Bertz CT molecular complexity index is 717. The highest BCUT2D eigenvalue weighted by molar-refractivity contribution is 5.95. The molecule has 2 heterocycles. The lowest BCUT2D eigenvalue weighted by Crippen LogP contribution is -2.48. The summed E-state index contributed by atoms with van der Waals surface area (Å²) in [5, 5.41) is 11.2. The van der Waals surface area contributed by atoms with Crippen molar-refractivity contribution in [3.05, 3.63) is 53.5 Å². The number of amides is 1. The third-order valence-electron chi connectivity index (χ3n) is 4.93. The Morgan fingerprint density at radius 3 is 2.62 bits per heavy atom. The maximum Gasteiger partial charge on any atom is 0.257 e. The van der Waals surface area contributed by atoms with Gasteiger partial charge in [-0.1, -0.05) is 12.1 Å². The normalized spacial score (nSPS) is 20.0. The average molecular weight is 329 g/mol. The van der Waals surface area contributed by atoms with Crippen LogP contribution in [-0.4, -0.2) is 35.6 Å². The van der Waals surface area contributed by atoms with Gasteiger partial charge in [-0.2, -0.15) is 0 Å². The summed E-state index contributed by atoms with van der Waals surface area (Å²) in [5.41, 5.74) is 0.208. The molecule has 0 radical (unpaired) electrons. The molecule has 1 amide bonds. The van der Waals surface area contributed by atoms with Crippen molar-refractivity contribution in [2.24, 2.45) is 0 Å². The number of hydrogen-bond donors (Lipinski definition) is 1. The first-order valence-electron chi connectivity index (χ1n) is 8.17.